The lowest BCUT2D eigenvalue weighted by atomic mass is 10.2. The van der Waals surface area contributed by atoms with Crippen molar-refractivity contribution < 1.29 is 10.2 Å². The molecule has 0 spiro atoms. The number of hydrogen-bond acceptors (Lipinski definition) is 4. The molecular formula is C12H18N2O2. The van der Waals surface area contributed by atoms with Gasteiger partial charge in [0.25, 0.3) is 0 Å². The molecular weight excluding hydrogens is 204 g/mol. The van der Waals surface area contributed by atoms with Crippen molar-refractivity contribution in [2.45, 2.75) is 6.54 Å². The van der Waals surface area contributed by atoms with Gasteiger partial charge in [0.05, 0.1) is 0 Å². The van der Waals surface area contributed by atoms with Crippen LogP contribution in [-0.2, 0) is 6.54 Å². The molecule has 1 aromatic rings. The highest BCUT2D eigenvalue weighted by atomic mass is 16.3. The Kier molecular flexibility index (Phi) is 3.31. The van der Waals surface area contributed by atoms with E-state index in [2.05, 4.69) is 16.8 Å². The molecule has 0 atom stereocenters. The molecule has 1 aliphatic rings. The molecule has 0 unspecified atom stereocenters. The van der Waals surface area contributed by atoms with E-state index in [0.29, 0.717) is 0 Å². The number of hydrogen-bond donors (Lipinski definition) is 2. The Bertz CT molecular complexity index is 360. The van der Waals surface area contributed by atoms with Gasteiger partial charge in [-0.15, -0.1) is 0 Å². The molecule has 0 aliphatic carbocycles. The highest BCUT2D eigenvalue weighted by molar-refractivity contribution is 5.40. The van der Waals surface area contributed by atoms with Crippen LogP contribution in [0.5, 0.6) is 11.5 Å². The number of phenolic OH excluding ortho intramolecular Hbond substituents is 2. The maximum absolute atomic E-state index is 9.39. The van der Waals surface area contributed by atoms with E-state index in [1.807, 2.05) is 6.07 Å². The molecule has 2 N–H and O–H groups in total. The van der Waals surface area contributed by atoms with Crippen LogP contribution in [0.15, 0.2) is 18.2 Å². The van der Waals surface area contributed by atoms with E-state index in [4.69, 9.17) is 0 Å². The van der Waals surface area contributed by atoms with Gasteiger partial charge in [-0.05, 0) is 24.7 Å². The van der Waals surface area contributed by atoms with E-state index in [9.17, 15) is 10.2 Å². The molecule has 0 bridgehead atoms. The smallest absolute Gasteiger partial charge is 0.157 e. The number of piperazine rings is 1. The number of aromatic hydroxyl groups is 2. The van der Waals surface area contributed by atoms with E-state index >= 15 is 0 Å². The summed E-state index contributed by atoms with van der Waals surface area (Å²) >= 11 is 0. The second-order valence-corrected chi connectivity index (χ2v) is 4.40. The highest BCUT2D eigenvalue weighted by Crippen LogP contribution is 2.25. The Morgan fingerprint density at radius 1 is 1.06 bits per heavy atom. The van der Waals surface area contributed by atoms with Crippen molar-refractivity contribution >= 4 is 0 Å². The second kappa shape index (κ2) is 4.72. The minimum atomic E-state index is -0.0536. The quantitative estimate of drug-likeness (QED) is 0.728. The van der Waals surface area contributed by atoms with Crippen molar-refractivity contribution in [2.75, 3.05) is 33.2 Å². The zero-order valence-corrected chi connectivity index (χ0v) is 9.56. The van der Waals surface area contributed by atoms with Gasteiger partial charge in [-0.3, -0.25) is 4.90 Å². The highest BCUT2D eigenvalue weighted by Gasteiger charge is 2.14. The standard InChI is InChI=1S/C12H18N2O2/c1-13-4-6-14(7-5-13)9-10-2-3-11(15)12(16)8-10/h2-3,8,15-16H,4-7,9H2,1H3. The molecule has 1 saturated heterocycles. The Morgan fingerprint density at radius 2 is 1.75 bits per heavy atom. The first kappa shape index (κ1) is 11.2. The zero-order chi connectivity index (χ0) is 11.5. The summed E-state index contributed by atoms with van der Waals surface area (Å²) < 4.78 is 0. The molecule has 16 heavy (non-hydrogen) atoms. The third-order valence-electron chi connectivity index (χ3n) is 3.04. The molecule has 4 heteroatoms. The van der Waals surface area contributed by atoms with Gasteiger partial charge >= 0.3 is 0 Å². The maximum Gasteiger partial charge on any atom is 0.157 e. The van der Waals surface area contributed by atoms with E-state index in [1.54, 1.807) is 12.1 Å². The molecule has 1 heterocycles. The van der Waals surface area contributed by atoms with Gasteiger partial charge in [0.1, 0.15) is 0 Å². The fourth-order valence-electron chi connectivity index (χ4n) is 1.93. The fraction of sp³-hybridized carbons (Fsp3) is 0.500. The Balaban J connectivity index is 1.96. The van der Waals surface area contributed by atoms with E-state index in [-0.39, 0.29) is 11.5 Å². The average Bonchev–Trinajstić information content (AvgIpc) is 2.27. The molecule has 0 saturated carbocycles. The molecule has 0 amide bonds. The number of likely N-dealkylation sites (N-methyl/N-ethyl adjacent to an activating group) is 1. The van der Waals surface area contributed by atoms with Crippen molar-refractivity contribution in [3.05, 3.63) is 23.8 Å². The predicted octanol–water partition coefficient (Wildman–Crippen LogP) is 0.845. The summed E-state index contributed by atoms with van der Waals surface area (Å²) in [7, 11) is 2.13. The number of phenols is 2. The normalized spacial score (nSPS) is 18.8. The van der Waals surface area contributed by atoms with E-state index < -0.39 is 0 Å². The van der Waals surface area contributed by atoms with Crippen LogP contribution in [0.2, 0.25) is 0 Å². The van der Waals surface area contributed by atoms with Crippen molar-refractivity contribution in [2.24, 2.45) is 0 Å². The summed E-state index contributed by atoms with van der Waals surface area (Å²) in [6, 6.07) is 5.03. The molecule has 1 fully saturated rings. The van der Waals surface area contributed by atoms with Crippen LogP contribution in [0.25, 0.3) is 0 Å². The van der Waals surface area contributed by atoms with Crippen molar-refractivity contribution in [1.82, 2.24) is 9.80 Å². The van der Waals surface area contributed by atoms with Gasteiger partial charge in [0.15, 0.2) is 11.5 Å². The monoisotopic (exact) mass is 222 g/mol. The lowest BCUT2D eigenvalue weighted by molar-refractivity contribution is 0.148. The van der Waals surface area contributed by atoms with Crippen molar-refractivity contribution in [1.29, 1.82) is 0 Å². The fourth-order valence-corrected chi connectivity index (χ4v) is 1.93. The molecule has 1 aliphatic heterocycles. The van der Waals surface area contributed by atoms with E-state index in [0.717, 1.165) is 38.3 Å². The Morgan fingerprint density at radius 3 is 2.38 bits per heavy atom. The summed E-state index contributed by atoms with van der Waals surface area (Å²) in [6.07, 6.45) is 0. The van der Waals surface area contributed by atoms with Crippen molar-refractivity contribution in [3.8, 4) is 11.5 Å². The van der Waals surface area contributed by atoms with Gasteiger partial charge in [0.2, 0.25) is 0 Å². The van der Waals surface area contributed by atoms with Crippen LogP contribution in [0.3, 0.4) is 0 Å². The van der Waals surface area contributed by atoms with Gasteiger partial charge in [-0.1, -0.05) is 6.07 Å². The molecule has 1 aromatic carbocycles. The van der Waals surface area contributed by atoms with Gasteiger partial charge in [-0.2, -0.15) is 0 Å². The Labute approximate surface area is 95.7 Å². The number of rotatable bonds is 2. The molecule has 4 nitrogen and oxygen atoms in total. The zero-order valence-electron chi connectivity index (χ0n) is 9.56. The third kappa shape index (κ3) is 2.65. The number of nitrogens with zero attached hydrogens (tertiary/aromatic N) is 2. The van der Waals surface area contributed by atoms with Crippen molar-refractivity contribution in [3.63, 3.8) is 0 Å². The van der Waals surface area contributed by atoms with Gasteiger partial charge < -0.3 is 15.1 Å². The first-order valence-corrected chi connectivity index (χ1v) is 5.57. The van der Waals surface area contributed by atoms with Gasteiger partial charge in [0, 0.05) is 32.7 Å². The van der Waals surface area contributed by atoms with Crippen LogP contribution >= 0.6 is 0 Å². The topological polar surface area (TPSA) is 46.9 Å². The second-order valence-electron chi connectivity index (χ2n) is 4.40. The summed E-state index contributed by atoms with van der Waals surface area (Å²) in [5.41, 5.74) is 1.04. The lowest BCUT2D eigenvalue weighted by Crippen LogP contribution is -2.43. The van der Waals surface area contributed by atoms with Crippen LogP contribution < -0.4 is 0 Å². The molecule has 2 rings (SSSR count). The first-order chi connectivity index (χ1) is 7.65. The average molecular weight is 222 g/mol. The first-order valence-electron chi connectivity index (χ1n) is 5.57. The van der Waals surface area contributed by atoms with Crippen LogP contribution in [0.4, 0.5) is 0 Å². The lowest BCUT2D eigenvalue weighted by Gasteiger charge is -2.32. The predicted molar refractivity (Wildman–Crippen MR) is 62.5 cm³/mol. The SMILES string of the molecule is CN1CCN(Cc2ccc(O)c(O)c2)CC1. The summed E-state index contributed by atoms with van der Waals surface area (Å²) in [5.74, 6) is -0.0891. The third-order valence-corrected chi connectivity index (χ3v) is 3.04. The number of benzene rings is 1. The molecule has 88 valence electrons. The van der Waals surface area contributed by atoms with Crippen LogP contribution in [0.1, 0.15) is 5.56 Å². The minimum Gasteiger partial charge on any atom is -0.504 e. The maximum atomic E-state index is 9.39. The Hall–Kier alpha value is -1.26. The molecule has 0 aromatic heterocycles. The van der Waals surface area contributed by atoms with Gasteiger partial charge in [-0.25, -0.2) is 0 Å². The van der Waals surface area contributed by atoms with E-state index in [1.165, 1.54) is 0 Å². The minimum absolute atomic E-state index is 0.0355. The summed E-state index contributed by atoms with van der Waals surface area (Å²) in [6.45, 7) is 5.12. The van der Waals surface area contributed by atoms with Crippen LogP contribution in [0, 0.1) is 0 Å². The molecule has 0 radical (unpaired) electrons. The summed E-state index contributed by atoms with van der Waals surface area (Å²) in [4.78, 5) is 4.66. The largest absolute Gasteiger partial charge is 0.504 e. The summed E-state index contributed by atoms with van der Waals surface area (Å²) in [5, 5.41) is 18.6. The van der Waals surface area contributed by atoms with Crippen LogP contribution in [-0.4, -0.2) is 53.2 Å².